The molecule has 3 nitrogen and oxygen atoms in total. The average molecular weight is 208 g/mol. The number of carbonyl (C=O) groups is 2. The molecule has 0 saturated carbocycles. The summed E-state index contributed by atoms with van der Waals surface area (Å²) in [6.07, 6.45) is 4.77. The molecule has 0 bridgehead atoms. The van der Waals surface area contributed by atoms with Crippen LogP contribution in [-0.4, -0.2) is 11.8 Å². The average Bonchev–Trinajstić information content (AvgIpc) is 2.09. The van der Waals surface area contributed by atoms with Crippen LogP contribution in [-0.2, 0) is 9.59 Å². The number of ketones is 1. The number of unbranched alkanes of at least 4 members (excludes halogenated alkanes) is 3. The second-order valence-corrected chi connectivity index (χ2v) is 3.22. The molecule has 0 aromatic heterocycles. The van der Waals surface area contributed by atoms with Gasteiger partial charge in [0.25, 0.3) is 0 Å². The minimum absolute atomic E-state index is 0. The number of carboxylic acids is 1. The third-order valence-electron chi connectivity index (χ3n) is 1.92. The Bertz CT molecular complexity index is 169. The molecule has 0 aromatic rings. The maximum atomic E-state index is 11.0. The molecule has 0 aromatic carbocycles. The van der Waals surface area contributed by atoms with Crippen molar-refractivity contribution in [1.82, 2.24) is 0 Å². The first-order valence-corrected chi connectivity index (χ1v) is 4.88. The van der Waals surface area contributed by atoms with Gasteiger partial charge in [0.15, 0.2) is 0 Å². The summed E-state index contributed by atoms with van der Waals surface area (Å²) in [5, 5.41) is 10.0. The molecule has 0 saturated heterocycles. The first-order chi connectivity index (χ1) is 6.16. The fourth-order valence-electron chi connectivity index (χ4n) is 1.12. The summed E-state index contributed by atoms with van der Waals surface area (Å²) >= 11 is 0. The van der Waals surface area contributed by atoms with Crippen molar-refractivity contribution in [2.24, 2.45) is 0 Å². The van der Waals surface area contributed by atoms with Crippen LogP contribution in [0.2, 0.25) is 0 Å². The predicted octanol–water partition coefficient (Wildman–Crippen LogP) is -1.94. The summed E-state index contributed by atoms with van der Waals surface area (Å²) in [6, 6.07) is 0. The quantitative estimate of drug-likeness (QED) is 0.344. The number of Topliss-reactive ketones (excluding diaryl/α,β-unsaturated/α-hetero) is 1. The zero-order valence-electron chi connectivity index (χ0n) is 9.17. The van der Waals surface area contributed by atoms with E-state index in [0.717, 1.165) is 25.7 Å². The zero-order valence-corrected chi connectivity index (χ0v) is 11.2. The molecule has 0 amide bonds. The first-order valence-electron chi connectivity index (χ1n) is 4.88. The predicted molar refractivity (Wildman–Crippen MR) is 48.0 cm³/mol. The van der Waals surface area contributed by atoms with Crippen molar-refractivity contribution in [3.05, 3.63) is 0 Å². The summed E-state index contributed by atoms with van der Waals surface area (Å²) < 4.78 is 0. The second kappa shape index (κ2) is 11.2. The van der Waals surface area contributed by atoms with Gasteiger partial charge in [-0.1, -0.05) is 26.2 Å². The topological polar surface area (TPSA) is 57.2 Å². The zero-order chi connectivity index (χ0) is 10.1. The van der Waals surface area contributed by atoms with Gasteiger partial charge in [0.2, 0.25) is 0 Å². The van der Waals surface area contributed by atoms with E-state index in [1.807, 2.05) is 0 Å². The molecule has 4 heteroatoms. The maximum absolute atomic E-state index is 11.0. The molecular formula is C10H17NaO3. The molecule has 0 unspecified atom stereocenters. The minimum atomic E-state index is -1.14. The van der Waals surface area contributed by atoms with Crippen molar-refractivity contribution >= 4 is 11.8 Å². The molecule has 0 heterocycles. The van der Waals surface area contributed by atoms with E-state index in [-0.39, 0.29) is 48.2 Å². The van der Waals surface area contributed by atoms with Crippen LogP contribution < -0.4 is 34.7 Å². The Morgan fingerprint density at radius 1 is 1.00 bits per heavy atom. The number of aliphatic carboxylic acids is 1. The van der Waals surface area contributed by atoms with E-state index in [1.165, 1.54) is 0 Å². The van der Waals surface area contributed by atoms with Crippen molar-refractivity contribution in [1.29, 1.82) is 0 Å². The van der Waals surface area contributed by atoms with E-state index in [1.54, 1.807) is 0 Å². The van der Waals surface area contributed by atoms with Crippen molar-refractivity contribution in [2.75, 3.05) is 0 Å². The Morgan fingerprint density at radius 2 is 1.64 bits per heavy atom. The van der Waals surface area contributed by atoms with Crippen molar-refractivity contribution in [2.45, 2.75) is 51.9 Å². The Kier molecular flexibility index (Phi) is 13.3. The van der Waals surface area contributed by atoms with Crippen molar-refractivity contribution in [3.8, 4) is 0 Å². The van der Waals surface area contributed by atoms with Gasteiger partial charge in [-0.3, -0.25) is 4.79 Å². The Labute approximate surface area is 108 Å². The summed E-state index contributed by atoms with van der Waals surface area (Å²) in [5.74, 6) is -1.10. The number of rotatable bonds is 8. The van der Waals surface area contributed by atoms with Crippen LogP contribution in [0.25, 0.3) is 0 Å². The second-order valence-electron chi connectivity index (χ2n) is 3.22. The summed E-state index contributed by atoms with van der Waals surface area (Å²) in [4.78, 5) is 21.0. The largest absolute Gasteiger partial charge is 1.00 e. The molecule has 0 aliphatic carbocycles. The molecule has 0 aliphatic rings. The Hall–Kier alpha value is 0.140. The van der Waals surface area contributed by atoms with Crippen LogP contribution in [0.5, 0.6) is 0 Å². The molecule has 0 aliphatic heterocycles. The first kappa shape index (κ1) is 16.6. The number of carbonyl (C=O) groups excluding carboxylic acids is 2. The van der Waals surface area contributed by atoms with Gasteiger partial charge in [-0.15, -0.1) is 0 Å². The molecular weight excluding hydrogens is 191 g/mol. The van der Waals surface area contributed by atoms with Gasteiger partial charge < -0.3 is 9.90 Å². The molecule has 0 atom stereocenters. The van der Waals surface area contributed by atoms with Crippen LogP contribution in [0.3, 0.4) is 0 Å². The molecule has 0 fully saturated rings. The van der Waals surface area contributed by atoms with Gasteiger partial charge >= 0.3 is 29.6 Å². The van der Waals surface area contributed by atoms with Crippen LogP contribution in [0.15, 0.2) is 0 Å². The number of hydrogen-bond acceptors (Lipinski definition) is 3. The minimum Gasteiger partial charge on any atom is -0.550 e. The van der Waals surface area contributed by atoms with Crippen LogP contribution >= 0.6 is 0 Å². The molecule has 0 radical (unpaired) electrons. The van der Waals surface area contributed by atoms with Gasteiger partial charge in [-0.05, 0) is 12.8 Å². The van der Waals surface area contributed by atoms with Gasteiger partial charge in [-0.2, -0.15) is 0 Å². The van der Waals surface area contributed by atoms with Crippen molar-refractivity contribution in [3.63, 3.8) is 0 Å². The molecule has 0 rings (SSSR count). The smallest absolute Gasteiger partial charge is 0.550 e. The van der Waals surface area contributed by atoms with E-state index < -0.39 is 5.97 Å². The standard InChI is InChI=1S/C10H18O3.Na/c1-2-3-4-5-6-9(11)7-8-10(12)13;/h2-8H2,1H3,(H,12,13);/q;+1/p-1. The van der Waals surface area contributed by atoms with E-state index in [4.69, 9.17) is 0 Å². The fraction of sp³-hybridized carbons (Fsp3) is 0.800. The maximum Gasteiger partial charge on any atom is 1.00 e. The summed E-state index contributed by atoms with van der Waals surface area (Å²) in [6.45, 7) is 2.11. The van der Waals surface area contributed by atoms with E-state index >= 15 is 0 Å². The summed E-state index contributed by atoms with van der Waals surface area (Å²) in [7, 11) is 0. The van der Waals surface area contributed by atoms with E-state index in [9.17, 15) is 14.7 Å². The molecule has 0 N–H and O–H groups in total. The third-order valence-corrected chi connectivity index (χ3v) is 1.92. The van der Waals surface area contributed by atoms with Gasteiger partial charge in [0.1, 0.15) is 5.78 Å². The van der Waals surface area contributed by atoms with Gasteiger partial charge in [0, 0.05) is 18.8 Å². The van der Waals surface area contributed by atoms with E-state index in [2.05, 4.69) is 6.92 Å². The Morgan fingerprint density at radius 3 is 2.14 bits per heavy atom. The SMILES string of the molecule is CCCCCCC(=O)CCC(=O)[O-].[Na+]. The normalized spacial score (nSPS) is 9.21. The van der Waals surface area contributed by atoms with Crippen molar-refractivity contribution < 1.29 is 44.3 Å². The van der Waals surface area contributed by atoms with E-state index in [0.29, 0.717) is 6.42 Å². The van der Waals surface area contributed by atoms with Crippen LogP contribution in [0.1, 0.15) is 51.9 Å². The van der Waals surface area contributed by atoms with Gasteiger partial charge in [0.05, 0.1) is 0 Å². The number of hydrogen-bond donors (Lipinski definition) is 0. The molecule has 0 spiro atoms. The van der Waals surface area contributed by atoms with Gasteiger partial charge in [-0.25, -0.2) is 0 Å². The summed E-state index contributed by atoms with van der Waals surface area (Å²) in [5.41, 5.74) is 0. The molecule has 76 valence electrons. The Balaban J connectivity index is 0. The fourth-order valence-corrected chi connectivity index (χ4v) is 1.12. The van der Waals surface area contributed by atoms with Crippen LogP contribution in [0, 0.1) is 0 Å². The monoisotopic (exact) mass is 208 g/mol. The number of carboxylic acid groups (broad SMARTS) is 1. The third kappa shape index (κ3) is 12.1. The van der Waals surface area contributed by atoms with Crippen LogP contribution in [0.4, 0.5) is 0 Å². The molecule has 14 heavy (non-hydrogen) atoms.